The fraction of sp³-hybridized carbons (Fsp3) is 0.684. The number of hydrogen-bond acceptors (Lipinski definition) is 6. The Bertz CT molecular complexity index is 755. The summed E-state index contributed by atoms with van der Waals surface area (Å²) in [6.07, 6.45) is -0.158. The summed E-state index contributed by atoms with van der Waals surface area (Å²) in [4.78, 5) is 2.26. The Balaban J connectivity index is 1.58. The van der Waals surface area contributed by atoms with Crippen LogP contribution in [0.4, 0.5) is 0 Å². The number of rotatable bonds is 6. The average molecular weight is 414 g/mol. The van der Waals surface area contributed by atoms with Crippen molar-refractivity contribution in [2.24, 2.45) is 0 Å². The number of nitrogens with zero attached hydrogens (tertiary/aromatic N) is 3. The van der Waals surface area contributed by atoms with E-state index in [1.54, 1.807) is 22.8 Å². The van der Waals surface area contributed by atoms with Crippen LogP contribution in [0, 0.1) is 0 Å². The molecular weight excluding hydrogens is 382 g/mol. The maximum atomic E-state index is 13.0. The number of ether oxygens (including phenoxy) is 3. The van der Waals surface area contributed by atoms with Gasteiger partial charge in [0.2, 0.25) is 0 Å². The van der Waals surface area contributed by atoms with Gasteiger partial charge in [0.1, 0.15) is 0 Å². The lowest BCUT2D eigenvalue weighted by Gasteiger charge is -2.40. The summed E-state index contributed by atoms with van der Waals surface area (Å²) in [5.41, 5.74) is 1.12. The topological polar surface area (TPSA) is 71.6 Å². The Kier molecular flexibility index (Phi) is 6.82. The molecule has 158 valence electrons. The van der Waals surface area contributed by atoms with Crippen LogP contribution in [0.3, 0.4) is 0 Å². The van der Waals surface area contributed by atoms with Gasteiger partial charge in [0, 0.05) is 45.8 Å². The molecular formula is C19H31N3O5S. The molecule has 2 aliphatic rings. The highest BCUT2D eigenvalue weighted by Gasteiger charge is 2.36. The van der Waals surface area contributed by atoms with Crippen LogP contribution in [-0.4, -0.2) is 87.6 Å². The first kappa shape index (κ1) is 21.3. The minimum absolute atomic E-state index is 0.0788. The fourth-order valence-corrected chi connectivity index (χ4v) is 5.59. The molecule has 0 aromatic heterocycles. The summed E-state index contributed by atoms with van der Waals surface area (Å²) in [5.74, 6) is 1.41. The first-order chi connectivity index (χ1) is 13.3. The maximum Gasteiger partial charge on any atom is 0.282 e. The molecule has 0 spiro atoms. The highest BCUT2D eigenvalue weighted by atomic mass is 32.2. The lowest BCUT2D eigenvalue weighted by molar-refractivity contribution is -0.0457. The average Bonchev–Trinajstić information content (AvgIpc) is 2.67. The van der Waals surface area contributed by atoms with E-state index in [9.17, 15) is 8.42 Å². The van der Waals surface area contributed by atoms with E-state index in [0.717, 1.165) is 12.1 Å². The van der Waals surface area contributed by atoms with E-state index in [1.807, 2.05) is 32.0 Å². The van der Waals surface area contributed by atoms with Crippen molar-refractivity contribution in [3.63, 3.8) is 0 Å². The lowest BCUT2D eigenvalue weighted by atomic mass is 10.1. The second-order valence-corrected chi connectivity index (χ2v) is 9.38. The van der Waals surface area contributed by atoms with Gasteiger partial charge in [0.15, 0.2) is 11.5 Å². The Morgan fingerprint density at radius 3 is 2.14 bits per heavy atom. The summed E-state index contributed by atoms with van der Waals surface area (Å²) in [6.45, 7) is 7.80. The second kappa shape index (κ2) is 8.96. The van der Waals surface area contributed by atoms with Gasteiger partial charge in [0.25, 0.3) is 10.2 Å². The Hall–Kier alpha value is -1.39. The predicted molar refractivity (Wildman–Crippen MR) is 107 cm³/mol. The summed E-state index contributed by atoms with van der Waals surface area (Å²) >= 11 is 0. The summed E-state index contributed by atoms with van der Waals surface area (Å²) in [6, 6.07) is 5.88. The number of morpholine rings is 1. The third-order valence-electron chi connectivity index (χ3n) is 5.22. The molecule has 2 aliphatic heterocycles. The van der Waals surface area contributed by atoms with Crippen molar-refractivity contribution in [3.8, 4) is 11.5 Å². The first-order valence-corrected chi connectivity index (χ1v) is 11.1. The van der Waals surface area contributed by atoms with E-state index in [1.165, 1.54) is 0 Å². The molecule has 1 aromatic carbocycles. The maximum absolute atomic E-state index is 13.0. The molecule has 2 heterocycles. The van der Waals surface area contributed by atoms with Crippen LogP contribution in [0.1, 0.15) is 19.4 Å². The molecule has 28 heavy (non-hydrogen) atoms. The van der Waals surface area contributed by atoms with Gasteiger partial charge >= 0.3 is 0 Å². The third-order valence-corrected chi connectivity index (χ3v) is 7.19. The lowest BCUT2D eigenvalue weighted by Crippen LogP contribution is -2.57. The van der Waals surface area contributed by atoms with Crippen LogP contribution in [0.2, 0.25) is 0 Å². The van der Waals surface area contributed by atoms with Crippen molar-refractivity contribution in [1.82, 2.24) is 13.5 Å². The van der Waals surface area contributed by atoms with Gasteiger partial charge in [-0.1, -0.05) is 6.07 Å². The molecule has 0 bridgehead atoms. The SMILES string of the molecule is COc1ccc(CN2CCN(S(=O)(=O)N3CC(C)OC(C)C3)CC2)cc1OC. The van der Waals surface area contributed by atoms with Crippen LogP contribution >= 0.6 is 0 Å². The molecule has 0 saturated carbocycles. The van der Waals surface area contributed by atoms with Crippen molar-refractivity contribution < 1.29 is 22.6 Å². The number of hydrogen-bond donors (Lipinski definition) is 0. The standard InChI is InChI=1S/C19H31N3O5S/c1-15-12-22(13-16(2)27-15)28(23,24)21-9-7-20(8-10-21)14-17-5-6-18(25-3)19(11-17)26-4/h5-6,11,15-16H,7-10,12-14H2,1-4H3. The summed E-state index contributed by atoms with van der Waals surface area (Å²) in [7, 11) is -0.202. The predicted octanol–water partition coefficient (Wildman–Crippen LogP) is 1.18. The monoisotopic (exact) mass is 413 g/mol. The molecule has 0 N–H and O–H groups in total. The largest absolute Gasteiger partial charge is 0.493 e. The van der Waals surface area contributed by atoms with Crippen molar-refractivity contribution in [3.05, 3.63) is 23.8 Å². The molecule has 0 radical (unpaired) electrons. The van der Waals surface area contributed by atoms with E-state index >= 15 is 0 Å². The zero-order valence-corrected chi connectivity index (χ0v) is 17.9. The number of benzene rings is 1. The van der Waals surface area contributed by atoms with Crippen molar-refractivity contribution in [2.45, 2.75) is 32.6 Å². The van der Waals surface area contributed by atoms with Crippen molar-refractivity contribution in [2.75, 3.05) is 53.5 Å². The van der Waals surface area contributed by atoms with Crippen molar-refractivity contribution in [1.29, 1.82) is 0 Å². The molecule has 9 heteroatoms. The highest BCUT2D eigenvalue weighted by molar-refractivity contribution is 7.86. The van der Waals surface area contributed by atoms with E-state index in [2.05, 4.69) is 4.90 Å². The third kappa shape index (κ3) is 4.77. The Morgan fingerprint density at radius 1 is 0.964 bits per heavy atom. The quantitative estimate of drug-likeness (QED) is 0.697. The van der Waals surface area contributed by atoms with Gasteiger partial charge in [-0.2, -0.15) is 17.0 Å². The van der Waals surface area contributed by atoms with E-state index in [4.69, 9.17) is 14.2 Å². The number of methoxy groups -OCH3 is 2. The molecule has 2 saturated heterocycles. The van der Waals surface area contributed by atoms with Crippen LogP contribution in [0.15, 0.2) is 18.2 Å². The van der Waals surface area contributed by atoms with Crippen LogP contribution in [0.5, 0.6) is 11.5 Å². The fourth-order valence-electron chi connectivity index (χ4n) is 3.84. The number of piperazine rings is 1. The Morgan fingerprint density at radius 2 is 1.57 bits per heavy atom. The second-order valence-electron chi connectivity index (χ2n) is 7.45. The van der Waals surface area contributed by atoms with Gasteiger partial charge in [-0.3, -0.25) is 4.90 Å². The van der Waals surface area contributed by atoms with E-state index < -0.39 is 10.2 Å². The Labute approximate surface area is 168 Å². The van der Waals surface area contributed by atoms with Gasteiger partial charge in [-0.05, 0) is 31.5 Å². The molecule has 0 aliphatic carbocycles. The first-order valence-electron chi connectivity index (χ1n) is 9.67. The zero-order valence-electron chi connectivity index (χ0n) is 17.1. The normalized spacial score (nSPS) is 25.6. The van der Waals surface area contributed by atoms with Crippen LogP contribution < -0.4 is 9.47 Å². The molecule has 8 nitrogen and oxygen atoms in total. The molecule has 1 aromatic rings. The minimum atomic E-state index is -3.44. The zero-order chi connectivity index (χ0) is 20.3. The van der Waals surface area contributed by atoms with Crippen LogP contribution in [-0.2, 0) is 21.5 Å². The van der Waals surface area contributed by atoms with Gasteiger partial charge in [-0.25, -0.2) is 0 Å². The van der Waals surface area contributed by atoms with Crippen LogP contribution in [0.25, 0.3) is 0 Å². The highest BCUT2D eigenvalue weighted by Crippen LogP contribution is 2.28. The van der Waals surface area contributed by atoms with Gasteiger partial charge in [0.05, 0.1) is 26.4 Å². The molecule has 2 atom stereocenters. The molecule has 2 unspecified atom stereocenters. The summed E-state index contributed by atoms with van der Waals surface area (Å²) < 4.78 is 45.5. The minimum Gasteiger partial charge on any atom is -0.493 e. The smallest absolute Gasteiger partial charge is 0.282 e. The van der Waals surface area contributed by atoms with Gasteiger partial charge < -0.3 is 14.2 Å². The van der Waals surface area contributed by atoms with Crippen molar-refractivity contribution >= 4 is 10.2 Å². The molecule has 2 fully saturated rings. The van der Waals surface area contributed by atoms with Gasteiger partial charge in [-0.15, -0.1) is 0 Å². The molecule has 3 rings (SSSR count). The summed E-state index contributed by atoms with van der Waals surface area (Å²) in [5, 5.41) is 0. The van der Waals surface area contributed by atoms with E-state index in [-0.39, 0.29) is 12.2 Å². The molecule has 0 amide bonds. The van der Waals surface area contributed by atoms with E-state index in [0.29, 0.717) is 50.8 Å².